The number of nitrogens with zero attached hydrogens (tertiary/aromatic N) is 4. The quantitative estimate of drug-likeness (QED) is 0.298. The monoisotopic (exact) mass is 539 g/mol. The van der Waals surface area contributed by atoms with Gasteiger partial charge in [-0.3, -0.25) is 0 Å². The first-order valence-corrected chi connectivity index (χ1v) is 15.3. The molecule has 0 bridgehead atoms. The molecule has 0 saturated heterocycles. The number of hydrogen-bond donors (Lipinski definition) is 3. The molecule has 3 N–H and O–H groups in total. The van der Waals surface area contributed by atoms with Crippen LogP contribution >= 0.6 is 0 Å². The van der Waals surface area contributed by atoms with Gasteiger partial charge in [-0.1, -0.05) is 36.4 Å². The Morgan fingerprint density at radius 3 is 2.18 bits per heavy atom. The van der Waals surface area contributed by atoms with E-state index in [0.717, 1.165) is 56.1 Å². The number of benzene rings is 2. The fraction of sp³-hybridized carbons (Fsp3) is 0.536. The van der Waals surface area contributed by atoms with Gasteiger partial charge in [0.25, 0.3) is 0 Å². The minimum atomic E-state index is -3.57. The molecule has 9 nitrogen and oxygen atoms in total. The fourth-order valence-electron chi connectivity index (χ4n) is 5.03. The third-order valence-corrected chi connectivity index (χ3v) is 8.69. The lowest BCUT2D eigenvalue weighted by Crippen LogP contribution is -2.32. The third kappa shape index (κ3) is 7.11. The summed E-state index contributed by atoms with van der Waals surface area (Å²) in [6.07, 6.45) is 4.07. The van der Waals surface area contributed by atoms with Crippen LogP contribution in [0.1, 0.15) is 53.4 Å². The molecule has 10 heteroatoms. The van der Waals surface area contributed by atoms with Crippen LogP contribution in [0.25, 0.3) is 10.8 Å². The highest BCUT2D eigenvalue weighted by atomic mass is 32.2. The highest BCUT2D eigenvalue weighted by Gasteiger charge is 2.24. The van der Waals surface area contributed by atoms with Gasteiger partial charge in [-0.25, -0.2) is 13.1 Å². The molecule has 0 atom stereocenters. The molecule has 0 amide bonds. The van der Waals surface area contributed by atoms with E-state index >= 15 is 0 Å². The van der Waals surface area contributed by atoms with E-state index in [1.165, 1.54) is 0 Å². The Morgan fingerprint density at radius 2 is 1.50 bits per heavy atom. The van der Waals surface area contributed by atoms with Crippen molar-refractivity contribution in [2.45, 2.75) is 64.3 Å². The minimum Gasteiger partial charge on any atom is -0.354 e. The van der Waals surface area contributed by atoms with E-state index in [1.54, 1.807) is 12.1 Å². The van der Waals surface area contributed by atoms with E-state index in [-0.39, 0.29) is 6.04 Å². The van der Waals surface area contributed by atoms with Crippen LogP contribution in [-0.4, -0.2) is 55.6 Å². The number of aromatic nitrogens is 3. The van der Waals surface area contributed by atoms with Crippen LogP contribution in [0.2, 0.25) is 0 Å². The maximum Gasteiger partial charge on any atom is 0.241 e. The van der Waals surface area contributed by atoms with Gasteiger partial charge in [0.1, 0.15) is 0 Å². The van der Waals surface area contributed by atoms with Gasteiger partial charge in [-0.05, 0) is 76.7 Å². The molecule has 0 radical (unpaired) electrons. The molecule has 1 heterocycles. The van der Waals surface area contributed by atoms with E-state index < -0.39 is 10.0 Å². The van der Waals surface area contributed by atoms with E-state index in [9.17, 15) is 8.42 Å². The molecule has 3 aromatic rings. The summed E-state index contributed by atoms with van der Waals surface area (Å²) in [5.74, 6) is 2.69. The fourth-order valence-corrected chi connectivity index (χ4v) is 6.37. The van der Waals surface area contributed by atoms with Gasteiger partial charge in [-0.2, -0.15) is 15.0 Å². The first kappa shape index (κ1) is 28.0. The lowest BCUT2D eigenvalue weighted by Gasteiger charge is -2.29. The highest BCUT2D eigenvalue weighted by Crippen LogP contribution is 2.29. The van der Waals surface area contributed by atoms with Gasteiger partial charge in [-0.15, -0.1) is 0 Å². The van der Waals surface area contributed by atoms with Crippen molar-refractivity contribution in [1.82, 2.24) is 19.7 Å². The number of rotatable bonds is 12. The number of sulfonamides is 1. The van der Waals surface area contributed by atoms with Crippen LogP contribution in [0.15, 0.2) is 47.4 Å². The maximum atomic E-state index is 13.1. The number of hydrogen-bond acceptors (Lipinski definition) is 8. The Labute approximate surface area is 226 Å². The van der Waals surface area contributed by atoms with Crippen molar-refractivity contribution in [2.24, 2.45) is 11.8 Å². The molecule has 1 aliphatic rings. The van der Waals surface area contributed by atoms with Crippen molar-refractivity contribution >= 4 is 38.6 Å². The summed E-state index contributed by atoms with van der Waals surface area (Å²) >= 11 is 0. The average Bonchev–Trinajstić information content (AvgIpc) is 2.91. The molecule has 0 spiro atoms. The van der Waals surface area contributed by atoms with Crippen LogP contribution in [0.5, 0.6) is 0 Å². The topological polar surface area (TPSA) is 112 Å². The predicted octanol–water partition coefficient (Wildman–Crippen LogP) is 4.89. The zero-order valence-corrected chi connectivity index (χ0v) is 23.8. The summed E-state index contributed by atoms with van der Waals surface area (Å²) in [6.45, 7) is 11.2. The summed E-state index contributed by atoms with van der Waals surface area (Å²) in [4.78, 5) is 16.3. The van der Waals surface area contributed by atoms with E-state index in [2.05, 4.69) is 62.9 Å². The molecule has 2 aromatic carbocycles. The SMILES string of the molecule is CCN(CC)c1nc(NCC2CCC(CNS(=O)(=O)c3cccc4ccccc34)CC2)nc(NC(C)C)n1. The molecule has 1 aromatic heterocycles. The van der Waals surface area contributed by atoms with Crippen molar-refractivity contribution in [3.05, 3.63) is 42.5 Å². The van der Waals surface area contributed by atoms with Crippen molar-refractivity contribution in [3.63, 3.8) is 0 Å². The molecule has 0 unspecified atom stereocenters. The summed E-state index contributed by atoms with van der Waals surface area (Å²) in [5.41, 5.74) is 0. The molecule has 1 fully saturated rings. The van der Waals surface area contributed by atoms with Crippen LogP contribution < -0.4 is 20.3 Å². The second-order valence-electron chi connectivity index (χ2n) is 10.4. The molecule has 1 aliphatic carbocycles. The van der Waals surface area contributed by atoms with Gasteiger partial charge in [0.15, 0.2) is 0 Å². The van der Waals surface area contributed by atoms with Crippen LogP contribution in [0.4, 0.5) is 17.8 Å². The van der Waals surface area contributed by atoms with E-state index in [0.29, 0.717) is 41.1 Å². The van der Waals surface area contributed by atoms with Crippen LogP contribution in [0, 0.1) is 11.8 Å². The molecule has 4 rings (SSSR count). The number of anilines is 3. The lowest BCUT2D eigenvalue weighted by molar-refractivity contribution is 0.284. The Hall–Kier alpha value is -2.98. The Balaban J connectivity index is 1.30. The molecular formula is C28H41N7O2S. The molecule has 206 valence electrons. The van der Waals surface area contributed by atoms with Crippen molar-refractivity contribution in [3.8, 4) is 0 Å². The second kappa shape index (κ2) is 12.7. The highest BCUT2D eigenvalue weighted by molar-refractivity contribution is 7.89. The Morgan fingerprint density at radius 1 is 0.868 bits per heavy atom. The minimum absolute atomic E-state index is 0.225. The van der Waals surface area contributed by atoms with Crippen LogP contribution in [-0.2, 0) is 10.0 Å². The largest absolute Gasteiger partial charge is 0.354 e. The van der Waals surface area contributed by atoms with Gasteiger partial charge in [0, 0.05) is 37.6 Å². The lowest BCUT2D eigenvalue weighted by atomic mass is 9.82. The summed E-state index contributed by atoms with van der Waals surface area (Å²) in [5, 5.41) is 8.42. The standard InChI is InChI=1S/C28H41N7O2S/c1-5-35(6-2)28-33-26(32-27(34-28)31-20(3)4)29-18-21-14-16-22(17-15-21)19-30-38(36,37)25-13-9-11-23-10-7-8-12-24(23)25/h7-13,20-22,30H,5-6,14-19H2,1-4H3,(H2,29,31,32,33,34). The van der Waals surface area contributed by atoms with E-state index in [4.69, 9.17) is 0 Å². The summed E-state index contributed by atoms with van der Waals surface area (Å²) < 4.78 is 29.0. The number of fused-ring (bicyclic) bond motifs is 1. The first-order chi connectivity index (χ1) is 18.3. The van der Waals surface area contributed by atoms with Gasteiger partial charge < -0.3 is 15.5 Å². The molecule has 38 heavy (non-hydrogen) atoms. The van der Waals surface area contributed by atoms with Crippen molar-refractivity contribution in [2.75, 3.05) is 41.7 Å². The average molecular weight is 540 g/mol. The van der Waals surface area contributed by atoms with Gasteiger partial charge in [0.2, 0.25) is 27.9 Å². The second-order valence-corrected chi connectivity index (χ2v) is 12.1. The Bertz CT molecular complexity index is 1300. The normalized spacial score (nSPS) is 18.0. The van der Waals surface area contributed by atoms with Gasteiger partial charge >= 0.3 is 0 Å². The van der Waals surface area contributed by atoms with Crippen molar-refractivity contribution in [1.29, 1.82) is 0 Å². The molecular weight excluding hydrogens is 498 g/mol. The maximum absolute atomic E-state index is 13.1. The predicted molar refractivity (Wildman–Crippen MR) is 155 cm³/mol. The Kier molecular flexibility index (Phi) is 9.38. The summed E-state index contributed by atoms with van der Waals surface area (Å²) in [7, 11) is -3.57. The van der Waals surface area contributed by atoms with Gasteiger partial charge in [0.05, 0.1) is 4.90 Å². The zero-order chi connectivity index (χ0) is 27.1. The first-order valence-electron chi connectivity index (χ1n) is 13.8. The molecule has 0 aliphatic heterocycles. The smallest absolute Gasteiger partial charge is 0.241 e. The van der Waals surface area contributed by atoms with E-state index in [1.807, 2.05) is 30.3 Å². The van der Waals surface area contributed by atoms with Crippen LogP contribution in [0.3, 0.4) is 0 Å². The van der Waals surface area contributed by atoms with Crippen molar-refractivity contribution < 1.29 is 8.42 Å². The summed E-state index contributed by atoms with van der Waals surface area (Å²) in [6, 6.07) is 13.2. The molecule has 1 saturated carbocycles. The number of nitrogens with one attached hydrogen (secondary N) is 3. The zero-order valence-electron chi connectivity index (χ0n) is 22.9. The third-order valence-electron chi connectivity index (χ3n) is 7.20.